The van der Waals surface area contributed by atoms with Gasteiger partial charge < -0.3 is 15.0 Å². The molecule has 0 amide bonds. The van der Waals surface area contributed by atoms with Crippen LogP contribution in [0.25, 0.3) is 0 Å². The van der Waals surface area contributed by atoms with Crippen molar-refractivity contribution in [3.8, 4) is 11.5 Å². The summed E-state index contributed by atoms with van der Waals surface area (Å²) in [7, 11) is 0. The summed E-state index contributed by atoms with van der Waals surface area (Å²) in [5, 5.41) is 3.35. The van der Waals surface area contributed by atoms with Crippen LogP contribution in [-0.2, 0) is 0 Å². The normalized spacial score (nSPS) is 14.8. The average molecular weight is 360 g/mol. The molecule has 138 valence electrons. The van der Waals surface area contributed by atoms with Crippen LogP contribution < -0.4 is 15.0 Å². The van der Waals surface area contributed by atoms with Gasteiger partial charge in [0, 0.05) is 24.8 Å². The smallest absolute Gasteiger partial charge is 0.135 e. The average Bonchev–Trinajstić information content (AvgIpc) is 2.71. The van der Waals surface area contributed by atoms with Gasteiger partial charge in [-0.3, -0.25) is 0 Å². The zero-order chi connectivity index (χ0) is 18.5. The van der Waals surface area contributed by atoms with E-state index in [9.17, 15) is 0 Å². The first-order chi connectivity index (χ1) is 13.3. The third kappa shape index (κ3) is 4.56. The molecule has 1 saturated heterocycles. The SMILES string of the molecule is CC1CCN(c2cc(Nc3ccc(Oc4ccccc4)cc3)ncn2)CC1. The molecule has 0 atom stereocenters. The highest BCUT2D eigenvalue weighted by Gasteiger charge is 2.17. The lowest BCUT2D eigenvalue weighted by Gasteiger charge is -2.31. The molecular weight excluding hydrogens is 336 g/mol. The van der Waals surface area contributed by atoms with Crippen molar-refractivity contribution in [2.75, 3.05) is 23.3 Å². The van der Waals surface area contributed by atoms with Crippen LogP contribution in [0, 0.1) is 5.92 Å². The molecule has 2 aromatic carbocycles. The van der Waals surface area contributed by atoms with Gasteiger partial charge in [-0.15, -0.1) is 0 Å². The van der Waals surface area contributed by atoms with Gasteiger partial charge in [0.1, 0.15) is 29.5 Å². The van der Waals surface area contributed by atoms with Crippen LogP contribution in [0.4, 0.5) is 17.3 Å². The largest absolute Gasteiger partial charge is 0.457 e. The number of hydrogen-bond donors (Lipinski definition) is 1. The van der Waals surface area contributed by atoms with Crippen molar-refractivity contribution in [2.24, 2.45) is 5.92 Å². The molecule has 1 N–H and O–H groups in total. The third-order valence-corrected chi connectivity index (χ3v) is 4.87. The van der Waals surface area contributed by atoms with Crippen molar-refractivity contribution < 1.29 is 4.74 Å². The Bertz CT molecular complexity index is 859. The molecule has 1 aliphatic rings. The summed E-state index contributed by atoms with van der Waals surface area (Å²) in [6.07, 6.45) is 4.06. The lowest BCUT2D eigenvalue weighted by atomic mass is 9.99. The van der Waals surface area contributed by atoms with Gasteiger partial charge in [0.05, 0.1) is 0 Å². The maximum atomic E-state index is 5.83. The molecule has 0 spiro atoms. The summed E-state index contributed by atoms with van der Waals surface area (Å²) in [4.78, 5) is 11.1. The Morgan fingerprint density at radius 3 is 2.37 bits per heavy atom. The van der Waals surface area contributed by atoms with Crippen LogP contribution in [0.1, 0.15) is 19.8 Å². The van der Waals surface area contributed by atoms with Gasteiger partial charge in [-0.2, -0.15) is 0 Å². The van der Waals surface area contributed by atoms with E-state index < -0.39 is 0 Å². The van der Waals surface area contributed by atoms with Crippen molar-refractivity contribution in [3.05, 3.63) is 67.0 Å². The summed E-state index contributed by atoms with van der Waals surface area (Å²) >= 11 is 0. The number of nitrogens with one attached hydrogen (secondary N) is 1. The Labute approximate surface area is 160 Å². The van der Waals surface area contributed by atoms with Gasteiger partial charge in [-0.1, -0.05) is 25.1 Å². The second-order valence-electron chi connectivity index (χ2n) is 7.00. The quantitative estimate of drug-likeness (QED) is 0.673. The van der Waals surface area contributed by atoms with E-state index >= 15 is 0 Å². The Balaban J connectivity index is 1.41. The summed E-state index contributed by atoms with van der Waals surface area (Å²) in [6, 6.07) is 19.7. The predicted molar refractivity (Wildman–Crippen MR) is 109 cm³/mol. The lowest BCUT2D eigenvalue weighted by molar-refractivity contribution is 0.436. The van der Waals surface area contributed by atoms with Crippen LogP contribution >= 0.6 is 0 Å². The minimum atomic E-state index is 0.801. The Hall–Kier alpha value is -3.08. The van der Waals surface area contributed by atoms with E-state index in [1.807, 2.05) is 60.7 Å². The second-order valence-corrected chi connectivity index (χ2v) is 7.00. The lowest BCUT2D eigenvalue weighted by Crippen LogP contribution is -2.33. The van der Waals surface area contributed by atoms with Crippen LogP contribution in [0.2, 0.25) is 0 Å². The maximum absolute atomic E-state index is 5.83. The summed E-state index contributed by atoms with van der Waals surface area (Å²) < 4.78 is 5.83. The summed E-state index contributed by atoms with van der Waals surface area (Å²) in [5.74, 6) is 4.23. The van der Waals surface area contributed by atoms with E-state index in [0.717, 1.165) is 47.8 Å². The minimum absolute atomic E-state index is 0.801. The number of anilines is 3. The topological polar surface area (TPSA) is 50.3 Å². The van der Waals surface area contributed by atoms with Crippen molar-refractivity contribution in [3.63, 3.8) is 0 Å². The molecule has 0 bridgehead atoms. The molecule has 0 unspecified atom stereocenters. The van der Waals surface area contributed by atoms with Gasteiger partial charge in [-0.25, -0.2) is 9.97 Å². The van der Waals surface area contributed by atoms with Gasteiger partial charge in [0.25, 0.3) is 0 Å². The first-order valence-corrected chi connectivity index (χ1v) is 9.43. The summed E-state index contributed by atoms with van der Waals surface area (Å²) in [5.41, 5.74) is 0.965. The highest BCUT2D eigenvalue weighted by atomic mass is 16.5. The molecular formula is C22H24N4O. The Morgan fingerprint density at radius 1 is 0.926 bits per heavy atom. The van der Waals surface area contributed by atoms with Crippen molar-refractivity contribution >= 4 is 17.3 Å². The molecule has 5 nitrogen and oxygen atoms in total. The Kier molecular flexibility index (Phi) is 5.19. The molecule has 0 radical (unpaired) electrons. The number of para-hydroxylation sites is 1. The first kappa shape index (κ1) is 17.3. The van der Waals surface area contributed by atoms with Crippen LogP contribution in [-0.4, -0.2) is 23.1 Å². The van der Waals surface area contributed by atoms with Crippen LogP contribution in [0.3, 0.4) is 0 Å². The van der Waals surface area contributed by atoms with Crippen LogP contribution in [0.5, 0.6) is 11.5 Å². The molecule has 2 heterocycles. The first-order valence-electron chi connectivity index (χ1n) is 9.43. The molecule has 0 aliphatic carbocycles. The van der Waals surface area contributed by atoms with E-state index in [-0.39, 0.29) is 0 Å². The zero-order valence-electron chi connectivity index (χ0n) is 15.5. The van der Waals surface area contributed by atoms with Gasteiger partial charge in [-0.05, 0) is 55.2 Å². The highest BCUT2D eigenvalue weighted by Crippen LogP contribution is 2.26. The molecule has 0 saturated carbocycles. The standard InChI is InChI=1S/C22H24N4O/c1-17-11-13-26(14-12-17)22-15-21(23-16-24-22)25-18-7-9-20(10-8-18)27-19-5-3-2-4-6-19/h2-10,15-17H,11-14H2,1H3,(H,23,24,25). The highest BCUT2D eigenvalue weighted by molar-refractivity contribution is 5.60. The third-order valence-electron chi connectivity index (χ3n) is 4.87. The van der Waals surface area contributed by atoms with Crippen molar-refractivity contribution in [1.82, 2.24) is 9.97 Å². The number of piperidine rings is 1. The maximum Gasteiger partial charge on any atom is 0.135 e. The Morgan fingerprint density at radius 2 is 1.63 bits per heavy atom. The number of rotatable bonds is 5. The van der Waals surface area contributed by atoms with Gasteiger partial charge >= 0.3 is 0 Å². The van der Waals surface area contributed by atoms with E-state index in [4.69, 9.17) is 4.74 Å². The molecule has 3 aromatic rings. The van der Waals surface area contributed by atoms with E-state index in [1.54, 1.807) is 6.33 Å². The van der Waals surface area contributed by atoms with E-state index in [1.165, 1.54) is 12.8 Å². The fourth-order valence-corrected chi connectivity index (χ4v) is 3.20. The monoisotopic (exact) mass is 360 g/mol. The van der Waals surface area contributed by atoms with E-state index in [0.29, 0.717) is 0 Å². The molecule has 1 aliphatic heterocycles. The molecule has 4 rings (SSSR count). The second kappa shape index (κ2) is 8.08. The fraction of sp³-hybridized carbons (Fsp3) is 0.273. The molecule has 5 heteroatoms. The minimum Gasteiger partial charge on any atom is -0.457 e. The van der Waals surface area contributed by atoms with Gasteiger partial charge in [0.15, 0.2) is 0 Å². The number of aromatic nitrogens is 2. The van der Waals surface area contributed by atoms with Crippen LogP contribution in [0.15, 0.2) is 67.0 Å². The summed E-state index contributed by atoms with van der Waals surface area (Å²) in [6.45, 7) is 4.43. The number of hydrogen-bond acceptors (Lipinski definition) is 5. The number of nitrogens with zero attached hydrogens (tertiary/aromatic N) is 3. The van der Waals surface area contributed by atoms with Crippen molar-refractivity contribution in [2.45, 2.75) is 19.8 Å². The zero-order valence-corrected chi connectivity index (χ0v) is 15.5. The molecule has 1 fully saturated rings. The molecule has 27 heavy (non-hydrogen) atoms. The fourth-order valence-electron chi connectivity index (χ4n) is 3.20. The number of ether oxygens (including phenoxy) is 1. The van der Waals surface area contributed by atoms with E-state index in [2.05, 4.69) is 27.1 Å². The van der Waals surface area contributed by atoms with Gasteiger partial charge in [0.2, 0.25) is 0 Å². The number of benzene rings is 2. The predicted octanol–water partition coefficient (Wildman–Crippen LogP) is 5.25. The van der Waals surface area contributed by atoms with Crippen molar-refractivity contribution in [1.29, 1.82) is 0 Å². The molecule has 1 aromatic heterocycles.